The van der Waals surface area contributed by atoms with Crippen LogP contribution in [0.5, 0.6) is 0 Å². The molecule has 0 aliphatic heterocycles. The number of nitrogens with zero attached hydrogens (tertiary/aromatic N) is 1. The van der Waals surface area contributed by atoms with Gasteiger partial charge in [-0.25, -0.2) is 0 Å². The van der Waals surface area contributed by atoms with Gasteiger partial charge in [0.15, 0.2) is 0 Å². The average Bonchev–Trinajstić information content (AvgIpc) is 2.08. The monoisotopic (exact) mass is 196 g/mol. The quantitative estimate of drug-likeness (QED) is 0.536. The van der Waals surface area contributed by atoms with Crippen molar-refractivity contribution in [3.05, 3.63) is 23.8 Å². The van der Waals surface area contributed by atoms with E-state index < -0.39 is 11.1 Å². The molecule has 0 aliphatic rings. The SMILES string of the molecule is CC=Nc1ccc(S(=O)[O-])cc1C. The summed E-state index contributed by atoms with van der Waals surface area (Å²) in [6.45, 7) is 3.65. The van der Waals surface area contributed by atoms with Crippen LogP contribution in [0.25, 0.3) is 0 Å². The molecule has 70 valence electrons. The summed E-state index contributed by atoms with van der Waals surface area (Å²) in [5, 5.41) is 0. The minimum absolute atomic E-state index is 0.299. The molecular weight excluding hydrogens is 186 g/mol. The molecule has 1 unspecified atom stereocenters. The van der Waals surface area contributed by atoms with E-state index in [9.17, 15) is 8.76 Å². The molecule has 3 nitrogen and oxygen atoms in total. The highest BCUT2D eigenvalue weighted by Crippen LogP contribution is 2.20. The van der Waals surface area contributed by atoms with Gasteiger partial charge < -0.3 is 4.55 Å². The molecule has 0 fully saturated rings. The lowest BCUT2D eigenvalue weighted by atomic mass is 10.2. The first kappa shape index (κ1) is 10.1. The van der Waals surface area contributed by atoms with Gasteiger partial charge in [0.1, 0.15) is 0 Å². The van der Waals surface area contributed by atoms with Gasteiger partial charge in [-0.1, -0.05) is 0 Å². The summed E-state index contributed by atoms with van der Waals surface area (Å²) in [4.78, 5) is 4.38. The molecule has 0 aromatic heterocycles. The second kappa shape index (κ2) is 4.30. The van der Waals surface area contributed by atoms with Gasteiger partial charge in [-0.05, 0) is 48.7 Å². The summed E-state index contributed by atoms with van der Waals surface area (Å²) in [5.41, 5.74) is 1.66. The third kappa shape index (κ3) is 2.47. The standard InChI is InChI=1S/C9H11NO2S/c1-3-10-9-5-4-8(13(11)12)6-7(9)2/h3-6H,1-2H3,(H,11,12)/p-1. The lowest BCUT2D eigenvalue weighted by molar-refractivity contribution is 0.537. The first-order valence-corrected chi connectivity index (χ1v) is 4.91. The molecule has 1 aromatic carbocycles. The van der Waals surface area contributed by atoms with Crippen molar-refractivity contribution in [2.75, 3.05) is 0 Å². The van der Waals surface area contributed by atoms with Gasteiger partial charge in [-0.15, -0.1) is 0 Å². The van der Waals surface area contributed by atoms with Crippen molar-refractivity contribution in [2.24, 2.45) is 4.99 Å². The number of hydrogen-bond acceptors (Lipinski definition) is 3. The Morgan fingerprint density at radius 1 is 1.54 bits per heavy atom. The highest BCUT2D eigenvalue weighted by atomic mass is 32.2. The normalized spacial score (nSPS) is 13.5. The molecule has 1 rings (SSSR count). The molecule has 0 bridgehead atoms. The van der Waals surface area contributed by atoms with Crippen molar-refractivity contribution in [3.63, 3.8) is 0 Å². The topological polar surface area (TPSA) is 52.5 Å². The zero-order valence-corrected chi connectivity index (χ0v) is 8.30. The Morgan fingerprint density at radius 3 is 2.69 bits per heavy atom. The Morgan fingerprint density at radius 2 is 2.23 bits per heavy atom. The summed E-state index contributed by atoms with van der Waals surface area (Å²) in [5.74, 6) is 0. The molecule has 0 saturated carbocycles. The van der Waals surface area contributed by atoms with E-state index >= 15 is 0 Å². The van der Waals surface area contributed by atoms with E-state index in [-0.39, 0.29) is 0 Å². The van der Waals surface area contributed by atoms with Crippen molar-refractivity contribution in [1.29, 1.82) is 0 Å². The summed E-state index contributed by atoms with van der Waals surface area (Å²) in [6.07, 6.45) is 1.68. The highest BCUT2D eigenvalue weighted by molar-refractivity contribution is 7.79. The maximum Gasteiger partial charge on any atom is 0.0655 e. The van der Waals surface area contributed by atoms with Crippen LogP contribution in [0.1, 0.15) is 12.5 Å². The number of hydrogen-bond donors (Lipinski definition) is 0. The van der Waals surface area contributed by atoms with Crippen molar-refractivity contribution in [2.45, 2.75) is 18.7 Å². The largest absolute Gasteiger partial charge is 0.768 e. The van der Waals surface area contributed by atoms with Crippen LogP contribution in [0.4, 0.5) is 5.69 Å². The van der Waals surface area contributed by atoms with Gasteiger partial charge in [0.25, 0.3) is 0 Å². The zero-order chi connectivity index (χ0) is 9.84. The van der Waals surface area contributed by atoms with Gasteiger partial charge in [0.2, 0.25) is 0 Å². The highest BCUT2D eigenvalue weighted by Gasteiger charge is 1.97. The van der Waals surface area contributed by atoms with Crippen molar-refractivity contribution in [1.82, 2.24) is 0 Å². The van der Waals surface area contributed by atoms with Gasteiger partial charge >= 0.3 is 0 Å². The van der Waals surface area contributed by atoms with Crippen molar-refractivity contribution >= 4 is 23.0 Å². The van der Waals surface area contributed by atoms with E-state index in [1.165, 1.54) is 0 Å². The Labute approximate surface area is 79.8 Å². The minimum atomic E-state index is -2.15. The zero-order valence-electron chi connectivity index (χ0n) is 7.48. The number of aryl methyl sites for hydroxylation is 1. The Bertz CT molecular complexity index is 361. The van der Waals surface area contributed by atoms with E-state index in [1.54, 1.807) is 24.4 Å². The average molecular weight is 196 g/mol. The van der Waals surface area contributed by atoms with E-state index in [0.717, 1.165) is 11.3 Å². The smallest absolute Gasteiger partial charge is 0.0655 e. The molecule has 0 aliphatic carbocycles. The minimum Gasteiger partial charge on any atom is -0.768 e. The van der Waals surface area contributed by atoms with Crippen LogP contribution in [0, 0.1) is 6.92 Å². The van der Waals surface area contributed by atoms with Gasteiger partial charge in [0.05, 0.1) is 5.69 Å². The first-order chi connectivity index (χ1) is 6.15. The maximum absolute atomic E-state index is 10.6. The molecule has 0 heterocycles. The summed E-state index contributed by atoms with van der Waals surface area (Å²) in [7, 11) is 0. The number of rotatable bonds is 2. The molecule has 0 amide bonds. The predicted octanol–water partition coefficient (Wildman–Crippen LogP) is 1.96. The third-order valence-electron chi connectivity index (χ3n) is 1.63. The second-order valence-electron chi connectivity index (χ2n) is 2.57. The number of aliphatic imine (C=N–C) groups is 1. The van der Waals surface area contributed by atoms with Crippen LogP contribution in [0.15, 0.2) is 28.1 Å². The van der Waals surface area contributed by atoms with E-state index in [0.29, 0.717) is 4.90 Å². The van der Waals surface area contributed by atoms with E-state index in [1.807, 2.05) is 13.8 Å². The maximum atomic E-state index is 10.6. The second-order valence-corrected chi connectivity index (χ2v) is 3.51. The van der Waals surface area contributed by atoms with Crippen LogP contribution >= 0.6 is 0 Å². The van der Waals surface area contributed by atoms with Crippen LogP contribution in [-0.2, 0) is 11.1 Å². The summed E-state index contributed by atoms with van der Waals surface area (Å²) in [6, 6.07) is 4.84. The lowest BCUT2D eigenvalue weighted by Crippen LogP contribution is -1.89. The molecule has 0 N–H and O–H groups in total. The van der Waals surface area contributed by atoms with Crippen LogP contribution in [0.3, 0.4) is 0 Å². The summed E-state index contributed by atoms with van der Waals surface area (Å²) >= 11 is -2.15. The van der Waals surface area contributed by atoms with Crippen molar-refractivity contribution < 1.29 is 8.76 Å². The Hall–Kier alpha value is -1.00. The molecule has 0 radical (unpaired) electrons. The van der Waals surface area contributed by atoms with E-state index in [4.69, 9.17) is 0 Å². The number of benzene rings is 1. The van der Waals surface area contributed by atoms with Crippen molar-refractivity contribution in [3.8, 4) is 0 Å². The summed E-state index contributed by atoms with van der Waals surface area (Å²) < 4.78 is 21.2. The Kier molecular flexibility index (Phi) is 3.33. The molecule has 1 atom stereocenters. The molecule has 1 aromatic rings. The molecule has 0 spiro atoms. The fourth-order valence-electron chi connectivity index (χ4n) is 1.02. The Balaban J connectivity index is 3.12. The molecule has 4 heteroatoms. The fourth-order valence-corrected chi connectivity index (χ4v) is 1.47. The van der Waals surface area contributed by atoms with Crippen LogP contribution in [-0.4, -0.2) is 15.0 Å². The predicted molar refractivity (Wildman–Crippen MR) is 52.2 cm³/mol. The third-order valence-corrected chi connectivity index (χ3v) is 2.27. The van der Waals surface area contributed by atoms with Gasteiger partial charge in [0, 0.05) is 11.1 Å². The van der Waals surface area contributed by atoms with Gasteiger partial charge in [-0.3, -0.25) is 9.20 Å². The van der Waals surface area contributed by atoms with E-state index in [2.05, 4.69) is 4.99 Å². The lowest BCUT2D eigenvalue weighted by Gasteiger charge is -2.07. The fraction of sp³-hybridized carbons (Fsp3) is 0.222. The van der Waals surface area contributed by atoms with Crippen LogP contribution in [0.2, 0.25) is 0 Å². The van der Waals surface area contributed by atoms with Gasteiger partial charge in [-0.2, -0.15) is 0 Å². The molecule has 13 heavy (non-hydrogen) atoms. The molecular formula is C9H10NO2S-. The van der Waals surface area contributed by atoms with Crippen LogP contribution < -0.4 is 0 Å². The first-order valence-electron chi connectivity index (χ1n) is 3.83. The molecule has 0 saturated heterocycles.